The van der Waals surface area contributed by atoms with Gasteiger partial charge in [0.1, 0.15) is 10.8 Å². The number of primary amides is 1. The van der Waals surface area contributed by atoms with Crippen molar-refractivity contribution in [3.63, 3.8) is 0 Å². The molecule has 0 saturated carbocycles. The van der Waals surface area contributed by atoms with Crippen LogP contribution in [0.4, 0.5) is 15.2 Å². The van der Waals surface area contributed by atoms with Crippen molar-refractivity contribution in [2.75, 3.05) is 25.1 Å². The zero-order valence-corrected chi connectivity index (χ0v) is 19.2. The third-order valence-corrected chi connectivity index (χ3v) is 6.20. The average molecular weight is 472 g/mol. The number of rotatable bonds is 9. The monoisotopic (exact) mass is 471 g/mol. The lowest BCUT2D eigenvalue weighted by Crippen LogP contribution is -2.42. The van der Waals surface area contributed by atoms with Crippen LogP contribution in [0, 0.1) is 0 Å². The smallest absolute Gasteiger partial charge is 0.251 e. The molecule has 2 aromatic heterocycles. The van der Waals surface area contributed by atoms with Gasteiger partial charge in [0.15, 0.2) is 5.67 Å². The molecule has 33 heavy (non-hydrogen) atoms. The molecule has 1 aromatic carbocycles. The van der Waals surface area contributed by atoms with E-state index in [1.807, 2.05) is 24.3 Å². The predicted octanol–water partition coefficient (Wildman–Crippen LogP) is 4.14. The number of aliphatic hydroxyl groups is 1. The van der Waals surface area contributed by atoms with Gasteiger partial charge in [-0.25, -0.2) is 9.37 Å². The maximum atomic E-state index is 14.5. The lowest BCUT2D eigenvalue weighted by atomic mass is 9.93. The minimum absolute atomic E-state index is 0.0695. The van der Waals surface area contributed by atoms with Gasteiger partial charge < -0.3 is 25.6 Å². The number of nitrogens with one attached hydrogen (secondary N) is 1. The zero-order chi connectivity index (χ0) is 23.6. The predicted molar refractivity (Wildman–Crippen MR) is 125 cm³/mol. The van der Waals surface area contributed by atoms with Crippen LogP contribution < -0.4 is 11.1 Å². The summed E-state index contributed by atoms with van der Waals surface area (Å²) in [5.74, 6) is -0.0226. The number of anilines is 2. The summed E-state index contributed by atoms with van der Waals surface area (Å²) in [5.41, 5.74) is 5.71. The maximum absolute atomic E-state index is 14.5. The Morgan fingerprint density at radius 3 is 2.64 bits per heavy atom. The number of hydrogen-bond acceptors (Lipinski definition) is 7. The number of thiophene rings is 1. The van der Waals surface area contributed by atoms with Crippen LogP contribution >= 0.6 is 11.3 Å². The first-order chi connectivity index (χ1) is 15.6. The lowest BCUT2D eigenvalue weighted by molar-refractivity contribution is -0.135. The van der Waals surface area contributed by atoms with Crippen LogP contribution in [0.3, 0.4) is 0 Å². The molecule has 9 heteroatoms. The van der Waals surface area contributed by atoms with Gasteiger partial charge in [-0.3, -0.25) is 4.79 Å². The van der Waals surface area contributed by atoms with E-state index >= 15 is 0 Å². The summed E-state index contributed by atoms with van der Waals surface area (Å²) in [6.45, 7) is 3.90. The molecule has 0 spiro atoms. The Balaban J connectivity index is 1.52. The number of amides is 1. The van der Waals surface area contributed by atoms with Crippen molar-refractivity contribution in [2.45, 2.75) is 31.7 Å². The summed E-state index contributed by atoms with van der Waals surface area (Å²) >= 11 is 1.36. The zero-order valence-electron chi connectivity index (χ0n) is 18.4. The van der Waals surface area contributed by atoms with Crippen LogP contribution in [-0.4, -0.2) is 41.4 Å². The third kappa shape index (κ3) is 5.56. The number of benzene rings is 1. The largest absolute Gasteiger partial charge is 0.388 e. The highest BCUT2D eigenvalue weighted by molar-refractivity contribution is 7.19. The van der Waals surface area contributed by atoms with Crippen molar-refractivity contribution < 1.29 is 23.8 Å². The van der Waals surface area contributed by atoms with Gasteiger partial charge in [-0.1, -0.05) is 30.3 Å². The first kappa shape index (κ1) is 23.3. The minimum atomic E-state index is -1.42. The van der Waals surface area contributed by atoms with Crippen molar-refractivity contribution >= 4 is 28.1 Å². The molecule has 174 valence electrons. The molecule has 7 nitrogen and oxygen atoms in total. The Bertz CT molecular complexity index is 1140. The molecule has 1 aliphatic rings. The van der Waals surface area contributed by atoms with Crippen molar-refractivity contribution in [3.05, 3.63) is 65.4 Å². The SMILES string of the molecule is CC(C)(O)COCc1cccc(Nc2sc(-c3ccc(C4(F)COC4)cc3)cc2C(N)=O)n1. The fourth-order valence-corrected chi connectivity index (χ4v) is 4.42. The highest BCUT2D eigenvalue weighted by Gasteiger charge is 2.40. The number of nitrogens with two attached hydrogens (primary N) is 1. The fraction of sp³-hybridized carbons (Fsp3) is 0.333. The molecule has 1 aliphatic heterocycles. The summed E-state index contributed by atoms with van der Waals surface area (Å²) in [6.07, 6.45) is 0. The molecule has 4 N–H and O–H groups in total. The van der Waals surface area contributed by atoms with Crippen LogP contribution in [0.25, 0.3) is 10.4 Å². The van der Waals surface area contributed by atoms with Gasteiger partial charge in [-0.2, -0.15) is 0 Å². The van der Waals surface area contributed by atoms with Crippen molar-refractivity contribution in [2.24, 2.45) is 5.73 Å². The third-order valence-electron chi connectivity index (χ3n) is 5.10. The molecule has 0 atom stereocenters. The molecule has 1 saturated heterocycles. The Morgan fingerprint density at radius 1 is 1.30 bits per heavy atom. The Morgan fingerprint density at radius 2 is 2.03 bits per heavy atom. The first-order valence-corrected chi connectivity index (χ1v) is 11.3. The van der Waals surface area contributed by atoms with E-state index in [1.165, 1.54) is 11.3 Å². The number of pyridine rings is 1. The highest BCUT2D eigenvalue weighted by Crippen LogP contribution is 2.39. The number of aromatic nitrogens is 1. The molecule has 0 bridgehead atoms. The molecule has 0 radical (unpaired) electrons. The highest BCUT2D eigenvalue weighted by atomic mass is 32.1. The number of carbonyl (C=O) groups is 1. The summed E-state index contributed by atoms with van der Waals surface area (Å²) in [7, 11) is 0. The first-order valence-electron chi connectivity index (χ1n) is 10.5. The van der Waals surface area contributed by atoms with Gasteiger partial charge in [-0.15, -0.1) is 11.3 Å². The van der Waals surface area contributed by atoms with Gasteiger partial charge in [0.05, 0.1) is 43.3 Å². The number of ether oxygens (including phenoxy) is 2. The number of hydrogen-bond donors (Lipinski definition) is 3. The average Bonchev–Trinajstić information content (AvgIpc) is 3.15. The quantitative estimate of drug-likeness (QED) is 0.433. The summed E-state index contributed by atoms with van der Waals surface area (Å²) in [5, 5.41) is 13.5. The second kappa shape index (κ2) is 9.18. The fourth-order valence-electron chi connectivity index (χ4n) is 3.34. The summed E-state index contributed by atoms with van der Waals surface area (Å²) in [6, 6.07) is 14.3. The molecule has 1 fully saturated rings. The van der Waals surface area contributed by atoms with E-state index in [0.717, 1.165) is 10.4 Å². The summed E-state index contributed by atoms with van der Waals surface area (Å²) in [4.78, 5) is 17.4. The molecular weight excluding hydrogens is 445 g/mol. The second-order valence-electron chi connectivity index (χ2n) is 8.70. The standard InChI is InChI=1S/C24H26FN3O4S/c1-23(2,30)12-31-11-17-4-3-5-20(27-17)28-22-18(21(26)29)10-19(33-22)15-6-8-16(9-7-15)24(25)13-32-14-24/h3-10,30H,11-14H2,1-2H3,(H2,26,29)(H,27,28). The Kier molecular flexibility index (Phi) is 6.49. The molecule has 4 rings (SSSR count). The Labute approximate surface area is 195 Å². The van der Waals surface area contributed by atoms with E-state index < -0.39 is 17.2 Å². The van der Waals surface area contributed by atoms with E-state index in [9.17, 15) is 14.3 Å². The number of carbonyl (C=O) groups excluding carboxylic acids is 1. The molecular formula is C24H26FN3O4S. The van der Waals surface area contributed by atoms with Crippen LogP contribution in [0.5, 0.6) is 0 Å². The summed E-state index contributed by atoms with van der Waals surface area (Å²) < 4.78 is 25.0. The van der Waals surface area contributed by atoms with E-state index in [-0.39, 0.29) is 26.4 Å². The van der Waals surface area contributed by atoms with Crippen molar-refractivity contribution in [3.8, 4) is 10.4 Å². The normalized spacial score (nSPS) is 15.2. The molecule has 0 aliphatic carbocycles. The second-order valence-corrected chi connectivity index (χ2v) is 9.75. The Hall–Kier alpha value is -2.85. The topological polar surface area (TPSA) is 107 Å². The molecule has 0 unspecified atom stereocenters. The van der Waals surface area contributed by atoms with Gasteiger partial charge in [0.2, 0.25) is 0 Å². The number of halogens is 1. The van der Waals surface area contributed by atoms with E-state index in [1.54, 1.807) is 38.1 Å². The molecule has 3 aromatic rings. The van der Waals surface area contributed by atoms with Crippen LogP contribution in [0.15, 0.2) is 48.5 Å². The van der Waals surface area contributed by atoms with Gasteiger partial charge in [-0.05, 0) is 43.2 Å². The van der Waals surface area contributed by atoms with Crippen LogP contribution in [0.1, 0.15) is 35.5 Å². The van der Waals surface area contributed by atoms with E-state index in [0.29, 0.717) is 27.6 Å². The molecule has 1 amide bonds. The lowest BCUT2D eigenvalue weighted by Gasteiger charge is -2.34. The van der Waals surface area contributed by atoms with Gasteiger partial charge >= 0.3 is 0 Å². The number of nitrogens with zero attached hydrogens (tertiary/aromatic N) is 1. The molecule has 3 heterocycles. The number of alkyl halides is 1. The van der Waals surface area contributed by atoms with E-state index in [2.05, 4.69) is 10.3 Å². The minimum Gasteiger partial charge on any atom is -0.388 e. The van der Waals surface area contributed by atoms with E-state index in [4.69, 9.17) is 15.2 Å². The van der Waals surface area contributed by atoms with Crippen LogP contribution in [0.2, 0.25) is 0 Å². The van der Waals surface area contributed by atoms with Crippen molar-refractivity contribution in [1.82, 2.24) is 4.98 Å². The van der Waals surface area contributed by atoms with Gasteiger partial charge in [0, 0.05) is 4.88 Å². The van der Waals surface area contributed by atoms with Crippen molar-refractivity contribution in [1.29, 1.82) is 0 Å². The van der Waals surface area contributed by atoms with Gasteiger partial charge in [0.25, 0.3) is 5.91 Å². The maximum Gasteiger partial charge on any atom is 0.251 e. The van der Waals surface area contributed by atoms with Crippen LogP contribution in [-0.2, 0) is 21.7 Å².